The van der Waals surface area contributed by atoms with Crippen LogP contribution in [-0.4, -0.2) is 17.9 Å². The van der Waals surface area contributed by atoms with Crippen LogP contribution in [0.15, 0.2) is 0 Å². The van der Waals surface area contributed by atoms with E-state index >= 15 is 0 Å². The van der Waals surface area contributed by atoms with Crippen molar-refractivity contribution in [2.24, 2.45) is 5.92 Å². The van der Waals surface area contributed by atoms with Crippen LogP contribution in [0.25, 0.3) is 0 Å². The number of rotatable bonds is 7. The molecule has 5 heteroatoms. The second-order valence-electron chi connectivity index (χ2n) is 4.22. The predicted molar refractivity (Wildman–Crippen MR) is 68.0 cm³/mol. The number of hydrogen-bond donors (Lipinski definition) is 3. The molecule has 0 spiro atoms. The second-order valence-corrected chi connectivity index (χ2v) is 4.45. The molecular formula is C11H22N2O2S. The van der Waals surface area contributed by atoms with Crippen LogP contribution < -0.4 is 10.0 Å². The third-order valence-corrected chi connectivity index (χ3v) is 2.60. The largest absolute Gasteiger partial charge is 0.344 e. The highest BCUT2D eigenvalue weighted by molar-refractivity contribution is 7.78. The molecule has 1 atom stereocenters. The first kappa shape index (κ1) is 15.3. The number of amides is 2. The van der Waals surface area contributed by atoms with Gasteiger partial charge < -0.3 is 10.0 Å². The molecule has 94 valence electrons. The van der Waals surface area contributed by atoms with Gasteiger partial charge in [-0.1, -0.05) is 46.4 Å². The topological polar surface area (TPSA) is 58.2 Å². The molecular weight excluding hydrogens is 224 g/mol. The summed E-state index contributed by atoms with van der Waals surface area (Å²) in [6.45, 7) is 5.86. The highest BCUT2D eigenvalue weighted by Gasteiger charge is 2.22. The van der Waals surface area contributed by atoms with Gasteiger partial charge in [-0.15, -0.1) is 0 Å². The van der Waals surface area contributed by atoms with Gasteiger partial charge in [0, 0.05) is 6.42 Å². The zero-order valence-corrected chi connectivity index (χ0v) is 11.1. The smallest absolute Gasteiger partial charge is 0.252 e. The number of hydrogen-bond acceptors (Lipinski definition) is 3. The summed E-state index contributed by atoms with van der Waals surface area (Å²) < 4.78 is 2.26. The van der Waals surface area contributed by atoms with E-state index in [9.17, 15) is 9.59 Å². The fourth-order valence-electron chi connectivity index (χ4n) is 1.39. The molecule has 0 aliphatic rings. The molecule has 0 aromatic rings. The summed E-state index contributed by atoms with van der Waals surface area (Å²) in [5, 5.41) is 2.73. The molecule has 0 aromatic carbocycles. The maximum Gasteiger partial charge on any atom is 0.252 e. The summed E-state index contributed by atoms with van der Waals surface area (Å²) in [4.78, 5) is 23.0. The lowest BCUT2D eigenvalue weighted by atomic mass is 10.0. The lowest BCUT2D eigenvalue weighted by Crippen LogP contribution is -2.47. The fourth-order valence-corrected chi connectivity index (χ4v) is 1.52. The van der Waals surface area contributed by atoms with Crippen LogP contribution in [0.1, 0.15) is 46.5 Å². The Hall–Kier alpha value is -0.710. The highest BCUT2D eigenvalue weighted by atomic mass is 32.1. The van der Waals surface area contributed by atoms with Gasteiger partial charge in [-0.05, 0) is 12.3 Å². The van der Waals surface area contributed by atoms with E-state index in [1.807, 2.05) is 13.8 Å². The van der Waals surface area contributed by atoms with Gasteiger partial charge in [0.25, 0.3) is 5.91 Å². The zero-order chi connectivity index (χ0) is 12.6. The van der Waals surface area contributed by atoms with E-state index in [0.717, 1.165) is 19.3 Å². The maximum absolute atomic E-state index is 11.5. The Morgan fingerprint density at radius 3 is 2.31 bits per heavy atom. The summed E-state index contributed by atoms with van der Waals surface area (Å²) in [7, 11) is 0. The molecule has 0 aliphatic heterocycles. The molecule has 1 unspecified atom stereocenters. The minimum absolute atomic E-state index is 0.0577. The molecule has 4 nitrogen and oxygen atoms in total. The summed E-state index contributed by atoms with van der Waals surface area (Å²) in [6.07, 6.45) is 3.48. The van der Waals surface area contributed by atoms with Gasteiger partial charge in [0.1, 0.15) is 6.04 Å². The van der Waals surface area contributed by atoms with Crippen molar-refractivity contribution in [2.45, 2.75) is 52.5 Å². The van der Waals surface area contributed by atoms with Gasteiger partial charge in [-0.25, -0.2) is 0 Å². The minimum Gasteiger partial charge on any atom is -0.344 e. The number of carbonyl (C=O) groups is 2. The summed E-state index contributed by atoms with van der Waals surface area (Å²) in [6, 6.07) is -0.494. The van der Waals surface area contributed by atoms with E-state index in [4.69, 9.17) is 0 Å². The molecule has 0 bridgehead atoms. The van der Waals surface area contributed by atoms with Crippen LogP contribution in [0.3, 0.4) is 0 Å². The molecule has 0 fully saturated rings. The zero-order valence-electron chi connectivity index (χ0n) is 10.2. The van der Waals surface area contributed by atoms with Crippen molar-refractivity contribution in [3.63, 3.8) is 0 Å². The Morgan fingerprint density at radius 1 is 1.25 bits per heavy atom. The van der Waals surface area contributed by atoms with Crippen molar-refractivity contribution in [2.75, 3.05) is 0 Å². The number of carbonyl (C=O) groups excluding carboxylic acids is 2. The summed E-state index contributed by atoms with van der Waals surface area (Å²) in [5.41, 5.74) is 0. The predicted octanol–water partition coefficient (Wildman–Crippen LogP) is 1.67. The molecule has 0 aliphatic carbocycles. The first-order valence-corrected chi connectivity index (χ1v) is 6.21. The lowest BCUT2D eigenvalue weighted by Gasteiger charge is -2.20. The standard InChI is InChI=1S/C11H22N2O2S/c1-4-5-6-7-9(14)12-10(8(2)3)11(15)13-16/h8,10,16H,4-7H2,1-3H3,(H,12,14)(H,13,15). The van der Waals surface area contributed by atoms with Crippen LogP contribution in [0.4, 0.5) is 0 Å². The van der Waals surface area contributed by atoms with E-state index < -0.39 is 6.04 Å². The summed E-state index contributed by atoms with van der Waals surface area (Å²) >= 11 is 3.71. The molecule has 0 aromatic heterocycles. The Morgan fingerprint density at radius 2 is 1.88 bits per heavy atom. The van der Waals surface area contributed by atoms with Gasteiger partial charge in [-0.2, -0.15) is 0 Å². The fraction of sp³-hybridized carbons (Fsp3) is 0.818. The van der Waals surface area contributed by atoms with Gasteiger partial charge in [0.2, 0.25) is 5.91 Å². The number of nitrogens with one attached hydrogen (secondary N) is 2. The first-order valence-electron chi connectivity index (χ1n) is 5.76. The van der Waals surface area contributed by atoms with Gasteiger partial charge in [-0.3, -0.25) is 9.59 Å². The quantitative estimate of drug-likeness (QED) is 0.473. The Labute approximate surface area is 103 Å². The van der Waals surface area contributed by atoms with Gasteiger partial charge >= 0.3 is 0 Å². The molecule has 2 amide bonds. The van der Waals surface area contributed by atoms with Crippen molar-refractivity contribution in [1.82, 2.24) is 10.0 Å². The van der Waals surface area contributed by atoms with Crippen LogP contribution in [0.5, 0.6) is 0 Å². The van der Waals surface area contributed by atoms with Crippen LogP contribution in [-0.2, 0) is 9.59 Å². The number of unbranched alkanes of at least 4 members (excludes halogenated alkanes) is 2. The molecule has 16 heavy (non-hydrogen) atoms. The molecule has 0 rings (SSSR count). The summed E-state index contributed by atoms with van der Waals surface area (Å²) in [5.74, 6) is -0.270. The van der Waals surface area contributed by atoms with E-state index in [-0.39, 0.29) is 17.7 Å². The van der Waals surface area contributed by atoms with Crippen molar-refractivity contribution in [1.29, 1.82) is 0 Å². The minimum atomic E-state index is -0.494. The van der Waals surface area contributed by atoms with E-state index in [1.165, 1.54) is 0 Å². The Kier molecular flexibility index (Phi) is 8.07. The van der Waals surface area contributed by atoms with Crippen LogP contribution in [0, 0.1) is 5.92 Å². The third kappa shape index (κ3) is 6.00. The van der Waals surface area contributed by atoms with Crippen molar-refractivity contribution in [3.8, 4) is 0 Å². The number of thiol groups is 1. The monoisotopic (exact) mass is 246 g/mol. The van der Waals surface area contributed by atoms with Crippen molar-refractivity contribution in [3.05, 3.63) is 0 Å². The molecule has 0 radical (unpaired) electrons. The van der Waals surface area contributed by atoms with Gasteiger partial charge in [0.05, 0.1) is 0 Å². The van der Waals surface area contributed by atoms with Gasteiger partial charge in [0.15, 0.2) is 0 Å². The lowest BCUT2D eigenvalue weighted by molar-refractivity contribution is -0.129. The molecule has 0 saturated heterocycles. The van der Waals surface area contributed by atoms with Crippen molar-refractivity contribution < 1.29 is 9.59 Å². The Bertz CT molecular complexity index is 232. The van der Waals surface area contributed by atoms with E-state index in [2.05, 4.69) is 29.8 Å². The maximum atomic E-state index is 11.5. The van der Waals surface area contributed by atoms with Crippen LogP contribution in [0.2, 0.25) is 0 Å². The SMILES string of the molecule is CCCCCC(=O)NC(C(=O)NS)C(C)C. The molecule has 2 N–H and O–H groups in total. The average molecular weight is 246 g/mol. The van der Waals surface area contributed by atoms with Crippen LogP contribution >= 0.6 is 12.8 Å². The highest BCUT2D eigenvalue weighted by Crippen LogP contribution is 2.04. The third-order valence-electron chi connectivity index (χ3n) is 2.38. The molecule has 0 saturated carbocycles. The second kappa shape index (κ2) is 8.44. The first-order chi connectivity index (χ1) is 7.52. The van der Waals surface area contributed by atoms with E-state index in [1.54, 1.807) is 0 Å². The Balaban J connectivity index is 4.09. The molecule has 0 heterocycles. The van der Waals surface area contributed by atoms with Crippen molar-refractivity contribution >= 4 is 24.6 Å². The van der Waals surface area contributed by atoms with E-state index in [0.29, 0.717) is 6.42 Å². The normalized spacial score (nSPS) is 12.3. The average Bonchev–Trinajstić information content (AvgIpc) is 2.25.